The van der Waals surface area contributed by atoms with Crippen molar-refractivity contribution in [1.29, 1.82) is 0 Å². The molecule has 0 saturated heterocycles. The van der Waals surface area contributed by atoms with Crippen LogP contribution in [0.1, 0.15) is 65.7 Å². The first kappa shape index (κ1) is 29.3. The minimum Gasteiger partial charge on any atom is -0.480 e. The number of nitrogens with one attached hydrogen (secondary N) is 1. The van der Waals surface area contributed by atoms with Crippen LogP contribution in [0.5, 0.6) is 0 Å². The van der Waals surface area contributed by atoms with Crippen molar-refractivity contribution in [3.8, 4) is 0 Å². The molecule has 0 bridgehead atoms. The first-order valence-electron chi connectivity index (χ1n) is 12.8. The molecule has 4 aliphatic carbocycles. The van der Waals surface area contributed by atoms with Crippen molar-refractivity contribution in [1.82, 2.24) is 5.32 Å². The summed E-state index contributed by atoms with van der Waals surface area (Å²) in [6, 6.07) is -0.844. The monoisotopic (exact) mass is 530 g/mol. The van der Waals surface area contributed by atoms with E-state index in [-0.39, 0.29) is 40.9 Å². The molecule has 8 atom stereocenters. The highest BCUT2D eigenvalue weighted by Gasteiger charge is 2.62. The standard InChI is InChI=1S/C24H36N2O4.C2HF3O2/c1-13(27)17-6-7-18-16-5-4-14-10-15(28)8-9-23(14,2)21(16)20(11-24(17,18)3)26-12-19(25)22(29)30;3-2(4,5)1(6)7/h10,16-21,26H,4-9,11-12,25H2,1-3H3,(H,29,30);(H,6,7)/t16-,17+,18-,19-,20-,21+,23-,24+;/m0./s1. The number of halogens is 3. The normalized spacial score (nSPS) is 37.6. The van der Waals surface area contributed by atoms with Gasteiger partial charge in [0.05, 0.1) is 0 Å². The van der Waals surface area contributed by atoms with E-state index in [0.717, 1.165) is 38.5 Å². The van der Waals surface area contributed by atoms with Gasteiger partial charge in [-0.2, -0.15) is 13.2 Å². The maximum atomic E-state index is 12.5. The predicted molar refractivity (Wildman–Crippen MR) is 127 cm³/mol. The second-order valence-electron chi connectivity index (χ2n) is 11.6. The van der Waals surface area contributed by atoms with Crippen LogP contribution in [0.3, 0.4) is 0 Å². The van der Waals surface area contributed by atoms with Gasteiger partial charge in [0.25, 0.3) is 0 Å². The Morgan fingerprint density at radius 1 is 1.16 bits per heavy atom. The third-order valence-corrected chi connectivity index (χ3v) is 9.57. The Hall–Kier alpha value is -2.27. The molecule has 0 radical (unpaired) electrons. The van der Waals surface area contributed by atoms with Crippen molar-refractivity contribution < 1.29 is 42.6 Å². The largest absolute Gasteiger partial charge is 0.490 e. The van der Waals surface area contributed by atoms with Gasteiger partial charge in [-0.1, -0.05) is 19.4 Å². The molecule has 0 amide bonds. The molecule has 0 heterocycles. The lowest BCUT2D eigenvalue weighted by Crippen LogP contribution is -2.61. The Kier molecular flexibility index (Phi) is 8.29. The quantitative estimate of drug-likeness (QED) is 0.423. The Labute approximate surface area is 214 Å². The van der Waals surface area contributed by atoms with Gasteiger partial charge >= 0.3 is 18.1 Å². The van der Waals surface area contributed by atoms with Crippen LogP contribution < -0.4 is 11.1 Å². The maximum absolute atomic E-state index is 12.5. The second kappa shape index (κ2) is 10.5. The lowest BCUT2D eigenvalue weighted by Gasteiger charge is -2.61. The van der Waals surface area contributed by atoms with Gasteiger partial charge in [-0.25, -0.2) is 4.79 Å². The fourth-order valence-corrected chi connectivity index (χ4v) is 7.98. The van der Waals surface area contributed by atoms with Gasteiger partial charge < -0.3 is 21.3 Å². The maximum Gasteiger partial charge on any atom is 0.490 e. The zero-order valence-corrected chi connectivity index (χ0v) is 21.4. The Morgan fingerprint density at radius 2 is 1.78 bits per heavy atom. The van der Waals surface area contributed by atoms with E-state index in [1.807, 2.05) is 6.08 Å². The molecule has 0 aromatic rings. The molecule has 0 aromatic heterocycles. The highest BCUT2D eigenvalue weighted by Crippen LogP contribution is 2.66. The SMILES string of the molecule is CC(=O)[C@H]1CC[C@H]2[C@@H]3CCC4=CC(=O)CC[C@]4(C)[C@H]3[C@@H](NC[C@H](N)C(=O)O)C[C@]12C.O=C(O)C(F)(F)F. The molecule has 37 heavy (non-hydrogen) atoms. The molecule has 3 fully saturated rings. The van der Waals surface area contributed by atoms with Crippen molar-refractivity contribution in [3.05, 3.63) is 11.6 Å². The van der Waals surface area contributed by atoms with Gasteiger partial charge in [-0.3, -0.25) is 14.4 Å². The molecule has 0 spiro atoms. The molecule has 0 aromatic carbocycles. The number of hydrogen-bond donors (Lipinski definition) is 4. The van der Waals surface area contributed by atoms with Crippen molar-refractivity contribution in [2.24, 2.45) is 40.2 Å². The van der Waals surface area contributed by atoms with Crippen LogP contribution in [0.2, 0.25) is 0 Å². The highest BCUT2D eigenvalue weighted by atomic mass is 19.4. The van der Waals surface area contributed by atoms with Crippen molar-refractivity contribution in [2.45, 2.75) is 84.0 Å². The Balaban J connectivity index is 0.000000479. The summed E-state index contributed by atoms with van der Waals surface area (Å²) in [5.74, 6) is -1.82. The fraction of sp³-hybridized carbons (Fsp3) is 0.769. The fourth-order valence-electron chi connectivity index (χ4n) is 7.98. The summed E-state index contributed by atoms with van der Waals surface area (Å²) in [6.07, 6.45) is 3.18. The molecular formula is C26H37F3N2O6. The van der Waals surface area contributed by atoms with Gasteiger partial charge in [0.15, 0.2) is 5.78 Å². The number of aliphatic carboxylic acids is 2. The zero-order chi connectivity index (χ0) is 27.9. The van der Waals surface area contributed by atoms with Gasteiger partial charge in [-0.15, -0.1) is 0 Å². The Morgan fingerprint density at radius 3 is 2.32 bits per heavy atom. The molecule has 8 nitrogen and oxygen atoms in total. The number of allylic oxidation sites excluding steroid dienone is 1. The van der Waals surface area contributed by atoms with Crippen LogP contribution in [0, 0.1) is 34.5 Å². The summed E-state index contributed by atoms with van der Waals surface area (Å²) in [6.45, 7) is 6.55. The summed E-state index contributed by atoms with van der Waals surface area (Å²) in [5, 5.41) is 19.9. The molecule has 4 aliphatic rings. The van der Waals surface area contributed by atoms with Crippen molar-refractivity contribution in [3.63, 3.8) is 0 Å². The van der Waals surface area contributed by atoms with Crippen molar-refractivity contribution >= 4 is 23.5 Å². The van der Waals surface area contributed by atoms with Crippen LogP contribution in [-0.4, -0.2) is 58.5 Å². The van der Waals surface area contributed by atoms with E-state index >= 15 is 0 Å². The highest BCUT2D eigenvalue weighted by molar-refractivity contribution is 5.91. The van der Waals surface area contributed by atoms with Crippen LogP contribution in [-0.2, 0) is 19.2 Å². The second-order valence-corrected chi connectivity index (χ2v) is 11.6. The minimum atomic E-state index is -5.08. The lowest BCUT2D eigenvalue weighted by molar-refractivity contribution is -0.192. The lowest BCUT2D eigenvalue weighted by atomic mass is 9.45. The minimum absolute atomic E-state index is 0.0442. The molecule has 4 rings (SSSR count). The number of carboxylic acids is 2. The summed E-state index contributed by atoms with van der Waals surface area (Å²) in [7, 11) is 0. The summed E-state index contributed by atoms with van der Waals surface area (Å²) in [5.41, 5.74) is 7.00. The number of nitrogens with two attached hydrogens (primary N) is 1. The van der Waals surface area contributed by atoms with Crippen LogP contribution in [0.15, 0.2) is 11.6 Å². The van der Waals surface area contributed by atoms with E-state index in [9.17, 15) is 32.7 Å². The van der Waals surface area contributed by atoms with Gasteiger partial charge in [0.1, 0.15) is 11.8 Å². The molecule has 3 saturated carbocycles. The van der Waals surface area contributed by atoms with Crippen molar-refractivity contribution in [2.75, 3.05) is 6.54 Å². The molecule has 11 heteroatoms. The first-order valence-corrected chi connectivity index (χ1v) is 12.8. The molecular weight excluding hydrogens is 493 g/mol. The van der Waals surface area contributed by atoms with E-state index in [0.29, 0.717) is 24.2 Å². The number of Topliss-reactive ketones (excluding diaryl/α,β-unsaturated/α-hetero) is 1. The Bertz CT molecular complexity index is 982. The van der Waals surface area contributed by atoms with E-state index < -0.39 is 24.2 Å². The van der Waals surface area contributed by atoms with E-state index in [1.54, 1.807) is 6.92 Å². The van der Waals surface area contributed by atoms with Crippen LogP contribution in [0.4, 0.5) is 13.2 Å². The number of ketones is 2. The molecule has 208 valence electrons. The van der Waals surface area contributed by atoms with Gasteiger partial charge in [-0.05, 0) is 80.1 Å². The van der Waals surface area contributed by atoms with Gasteiger partial charge in [0.2, 0.25) is 0 Å². The number of rotatable bonds is 5. The number of fused-ring (bicyclic) bond motifs is 5. The smallest absolute Gasteiger partial charge is 0.480 e. The van der Waals surface area contributed by atoms with E-state index in [1.165, 1.54) is 5.57 Å². The van der Waals surface area contributed by atoms with Crippen LogP contribution >= 0.6 is 0 Å². The third-order valence-electron chi connectivity index (χ3n) is 9.57. The zero-order valence-electron chi connectivity index (χ0n) is 21.4. The number of hydrogen-bond acceptors (Lipinski definition) is 6. The first-order chi connectivity index (χ1) is 17.0. The number of carbonyl (C=O) groups excluding carboxylic acids is 2. The number of carboxylic acid groups (broad SMARTS) is 2. The summed E-state index contributed by atoms with van der Waals surface area (Å²) >= 11 is 0. The summed E-state index contributed by atoms with van der Waals surface area (Å²) < 4.78 is 31.7. The summed E-state index contributed by atoms with van der Waals surface area (Å²) in [4.78, 5) is 44.8. The average molecular weight is 531 g/mol. The van der Waals surface area contributed by atoms with Gasteiger partial charge in [0, 0.05) is 24.9 Å². The molecule has 0 unspecified atom stereocenters. The number of carbonyl (C=O) groups is 4. The molecule has 0 aliphatic heterocycles. The average Bonchev–Trinajstić information content (AvgIpc) is 3.14. The van der Waals surface area contributed by atoms with E-state index in [4.69, 9.17) is 15.6 Å². The predicted octanol–water partition coefficient (Wildman–Crippen LogP) is 3.34. The number of alkyl halides is 3. The third kappa shape index (κ3) is 5.62. The van der Waals surface area contributed by atoms with E-state index in [2.05, 4.69) is 19.2 Å². The van der Waals surface area contributed by atoms with Crippen LogP contribution in [0.25, 0.3) is 0 Å². The topological polar surface area (TPSA) is 147 Å². The molecule has 5 N–H and O–H groups in total.